The third-order valence-electron chi connectivity index (χ3n) is 20.6. The Labute approximate surface area is 673 Å². The van der Waals surface area contributed by atoms with Gasteiger partial charge in [-0.15, -0.1) is 0 Å². The quantitative estimate of drug-likeness (QED) is 0.162. The molecule has 0 aromatic heterocycles. The molecule has 0 N–H and O–H groups in total. The van der Waals surface area contributed by atoms with Crippen molar-refractivity contribution in [3.63, 3.8) is 0 Å². The summed E-state index contributed by atoms with van der Waals surface area (Å²) < 4.78 is 0. The molecule has 0 bridgehead atoms. The van der Waals surface area contributed by atoms with E-state index in [1.807, 2.05) is 0 Å². The van der Waals surface area contributed by atoms with Crippen LogP contribution in [-0.2, 0) is 93.1 Å². The second-order valence-electron chi connectivity index (χ2n) is 48.8. The monoisotopic (exact) mass is 1470 g/mol. The second-order valence-corrected chi connectivity index (χ2v) is 48.8. The first-order chi connectivity index (χ1) is 47.6. The van der Waals surface area contributed by atoms with Crippen LogP contribution >= 0.6 is 0 Å². The van der Waals surface area contributed by atoms with Crippen LogP contribution in [0.25, 0.3) is 10.8 Å². The molecule has 0 spiro atoms. The van der Waals surface area contributed by atoms with Gasteiger partial charge in [-0.2, -0.15) is 0 Å². The summed E-state index contributed by atoms with van der Waals surface area (Å²) in [6.07, 6.45) is 2.24. The Morgan fingerprint density at radius 3 is 0.407 bits per heavy atom. The molecule has 0 aliphatic rings. The van der Waals surface area contributed by atoms with Crippen molar-refractivity contribution in [1.82, 2.24) is 0 Å². The molecule has 0 aliphatic heterocycles. The molecule has 0 atom stereocenters. The fourth-order valence-electron chi connectivity index (χ4n) is 14.7. The van der Waals surface area contributed by atoms with E-state index in [0.29, 0.717) is 0 Å². The Kier molecular flexibility index (Phi) is 31.7. The highest BCUT2D eigenvalue weighted by molar-refractivity contribution is 5.87. The van der Waals surface area contributed by atoms with E-state index in [9.17, 15) is 0 Å². The maximum Gasteiger partial charge on any atom is -0.00256 e. The van der Waals surface area contributed by atoms with Gasteiger partial charge in [-0.3, -0.25) is 0 Å². The van der Waals surface area contributed by atoms with Crippen LogP contribution in [-0.4, -0.2) is 0 Å². The van der Waals surface area contributed by atoms with Crippen molar-refractivity contribution in [2.24, 2.45) is 0 Å². The summed E-state index contributed by atoms with van der Waals surface area (Å²) in [5, 5.41) is 2.75. The highest BCUT2D eigenvalue weighted by atomic mass is 14.4. The molecule has 0 aliphatic carbocycles. The molecule has 7 aromatic carbocycles. The van der Waals surface area contributed by atoms with Gasteiger partial charge >= 0.3 is 0 Å². The minimum absolute atomic E-state index is 0.140. The van der Waals surface area contributed by atoms with E-state index in [-0.39, 0.29) is 86.6 Å². The number of rotatable bonds is 2. The van der Waals surface area contributed by atoms with Crippen molar-refractivity contribution in [2.45, 2.75) is 446 Å². The fraction of sp³-hybridized carbons (Fsp3) is 0.630. The predicted octanol–water partition coefficient (Wildman–Crippen LogP) is 33.4. The van der Waals surface area contributed by atoms with Crippen LogP contribution in [0.3, 0.4) is 0 Å². The average molecular weight is 1470 g/mol. The summed E-state index contributed by atoms with van der Waals surface area (Å²) in [6.45, 7) is 115. The molecule has 0 fully saturated rings. The Morgan fingerprint density at radius 1 is 0.148 bits per heavy atom. The molecule has 0 heterocycles. The fourth-order valence-corrected chi connectivity index (χ4v) is 14.7. The van der Waals surface area contributed by atoms with Crippen LogP contribution in [0.5, 0.6) is 0 Å². The van der Waals surface area contributed by atoms with Crippen molar-refractivity contribution in [3.8, 4) is 0 Å². The molecule has 0 unspecified atom stereocenters. The standard InChI is InChI=1S/C29H44.C26H40.C22H38.2C14H22.C3H8/c1-26(2,3)22-15-13-20(18-24(22)28(7,8)9)17-21-14-16-23(27(4,5)6)25(19-21)29(10,11)12;1-23(2,3)19-13-17-15-21(25(7,8)9)22(26(10,11)12)16-18(17)14-20(19)24(4,5)6;1-19(2,3)15-13-17(21(7,8)9)18(22(10,11)12)14-16(15)20(4,5)6;2*1-13(2,3)11-9-7-8-10-12(11)14(4,5)6;1-3-2/h13-16,18-19H,17H2,1-12H3;13-16H,1-12H3;13-14H,1-12H3;2*7-10H,1-6H3;3H2,1-2H3. The van der Waals surface area contributed by atoms with Crippen LogP contribution in [0, 0.1) is 0 Å². The van der Waals surface area contributed by atoms with Gasteiger partial charge in [0, 0.05) is 0 Å². The molecule has 0 saturated heterocycles. The van der Waals surface area contributed by atoms with Gasteiger partial charge in [-0.05, 0) is 204 Å². The molecule has 0 nitrogen and oxygen atoms in total. The first-order valence-electron chi connectivity index (χ1n) is 42.0. The number of hydrogen-bond acceptors (Lipinski definition) is 0. The molecular weight excluding hydrogens is 1300 g/mol. The van der Waals surface area contributed by atoms with Gasteiger partial charge in [0.2, 0.25) is 0 Å². The van der Waals surface area contributed by atoms with Crippen molar-refractivity contribution >= 4 is 10.8 Å². The summed E-state index contributed by atoms with van der Waals surface area (Å²) in [5.74, 6) is 0. The molecule has 0 saturated carbocycles. The maximum absolute atomic E-state index is 2.50. The minimum atomic E-state index is 0.140. The molecular formula is C108H174. The Hall–Kier alpha value is -5.20. The van der Waals surface area contributed by atoms with Gasteiger partial charge in [-0.25, -0.2) is 0 Å². The summed E-state index contributed by atoms with van der Waals surface area (Å²) in [4.78, 5) is 0. The minimum Gasteiger partial charge on any atom is -0.0656 e. The van der Waals surface area contributed by atoms with Crippen molar-refractivity contribution in [1.29, 1.82) is 0 Å². The van der Waals surface area contributed by atoms with Gasteiger partial charge < -0.3 is 0 Å². The summed E-state index contributed by atoms with van der Waals surface area (Å²) >= 11 is 0. The van der Waals surface area contributed by atoms with Gasteiger partial charge in [0.15, 0.2) is 0 Å². The van der Waals surface area contributed by atoms with E-state index < -0.39 is 0 Å². The third-order valence-corrected chi connectivity index (χ3v) is 20.6. The van der Waals surface area contributed by atoms with Crippen molar-refractivity contribution in [3.05, 3.63) is 221 Å². The van der Waals surface area contributed by atoms with E-state index in [0.717, 1.165) is 6.42 Å². The summed E-state index contributed by atoms with van der Waals surface area (Å²) in [5.41, 5.74) is 29.2. The van der Waals surface area contributed by atoms with Crippen molar-refractivity contribution in [2.75, 3.05) is 0 Å². The van der Waals surface area contributed by atoms with E-state index in [2.05, 4.69) is 468 Å². The lowest BCUT2D eigenvalue weighted by molar-refractivity contribution is 0.501. The molecule has 7 aromatic rings. The number of fused-ring (bicyclic) bond motifs is 1. The third kappa shape index (κ3) is 28.8. The molecule has 108 heavy (non-hydrogen) atoms. The predicted molar refractivity (Wildman–Crippen MR) is 494 cm³/mol. The smallest absolute Gasteiger partial charge is 0.00256 e. The average Bonchev–Trinajstić information content (AvgIpc) is 0.726. The highest BCUT2D eigenvalue weighted by Gasteiger charge is 2.35. The van der Waals surface area contributed by atoms with Gasteiger partial charge in [0.25, 0.3) is 0 Å². The first-order valence-corrected chi connectivity index (χ1v) is 42.0. The molecule has 0 heteroatoms. The zero-order chi connectivity index (χ0) is 85.1. The van der Waals surface area contributed by atoms with E-state index in [4.69, 9.17) is 0 Å². The van der Waals surface area contributed by atoms with Crippen LogP contribution in [0.15, 0.2) is 121 Å². The zero-order valence-electron chi connectivity index (χ0n) is 81.0. The topological polar surface area (TPSA) is 0 Å². The Balaban J connectivity index is 0.000000466. The Bertz CT molecular complexity index is 3570. The lowest BCUT2D eigenvalue weighted by Crippen LogP contribution is -2.28. The summed E-state index contributed by atoms with van der Waals surface area (Å²) in [6, 6.07) is 46.7. The van der Waals surface area contributed by atoms with Gasteiger partial charge in [-0.1, -0.05) is 474 Å². The van der Waals surface area contributed by atoms with Gasteiger partial charge in [0.05, 0.1) is 0 Å². The SMILES string of the molecule is CC(C)(C)c1cc(C(C)(C)C)c(C(C)(C)C)cc1C(C)(C)C.CC(C)(C)c1cc2cc(C(C)(C)C)c(C(C)(C)C)cc2cc1C(C)(C)C.CC(C)(C)c1ccc(Cc2ccc(C(C)(C)C)c(C(C)(C)C)c2)cc1C(C)(C)C.CC(C)(C)c1ccccc1C(C)(C)C.CC(C)(C)c1ccccc1C(C)(C)C.CCC. The lowest BCUT2D eigenvalue weighted by Gasteiger charge is -2.37. The highest BCUT2D eigenvalue weighted by Crippen LogP contribution is 2.46. The number of benzene rings is 7. The molecule has 0 amide bonds. The summed E-state index contributed by atoms with van der Waals surface area (Å²) in [7, 11) is 0. The van der Waals surface area contributed by atoms with E-state index in [1.165, 1.54) is 117 Å². The normalized spacial score (nSPS) is 13.5. The second kappa shape index (κ2) is 34.6. The van der Waals surface area contributed by atoms with Crippen LogP contribution in [0.2, 0.25) is 0 Å². The first kappa shape index (κ1) is 98.9. The van der Waals surface area contributed by atoms with Crippen LogP contribution < -0.4 is 0 Å². The Morgan fingerprint density at radius 2 is 0.269 bits per heavy atom. The largest absolute Gasteiger partial charge is 0.0656 e. The zero-order valence-corrected chi connectivity index (χ0v) is 81.0. The molecule has 7 rings (SSSR count). The van der Waals surface area contributed by atoms with E-state index >= 15 is 0 Å². The van der Waals surface area contributed by atoms with E-state index in [1.54, 1.807) is 0 Å². The number of hydrogen-bond donors (Lipinski definition) is 0. The van der Waals surface area contributed by atoms with Crippen LogP contribution in [0.1, 0.15) is 453 Å². The molecule has 0 radical (unpaired) electrons. The maximum atomic E-state index is 2.50. The van der Waals surface area contributed by atoms with Crippen molar-refractivity contribution < 1.29 is 0 Å². The molecule has 606 valence electrons. The lowest BCUT2D eigenvalue weighted by atomic mass is 9.68. The van der Waals surface area contributed by atoms with Crippen LogP contribution in [0.4, 0.5) is 0 Å². The van der Waals surface area contributed by atoms with Gasteiger partial charge in [0.1, 0.15) is 0 Å².